The number of likely N-dealkylation sites (N-methyl/N-ethyl adjacent to an activating group) is 2. The summed E-state index contributed by atoms with van der Waals surface area (Å²) in [5, 5.41) is 6.21. The van der Waals surface area contributed by atoms with E-state index in [9.17, 15) is 4.79 Å². The van der Waals surface area contributed by atoms with Crippen LogP contribution in [0, 0.1) is 6.92 Å². The lowest BCUT2D eigenvalue weighted by Gasteiger charge is -2.26. The van der Waals surface area contributed by atoms with Gasteiger partial charge in [-0.25, -0.2) is 9.97 Å². The zero-order chi connectivity index (χ0) is 28.4. The molecule has 1 aliphatic carbocycles. The standard InChI is InChI=1S/C30H36N8O2/c1-7-29(39)33-23-17-24(27(40-6)18-26(23)37(5)15-14-36(3)4)34-30-31-13-12-28(35-30)38-19(2)32-22-16-21(20-8-9-20)10-11-25(22)38/h7,10-13,16-18,20H,1,8-9,14-15H2,2-6H3,(H,33,39)(H,31,34,35). The van der Waals surface area contributed by atoms with Crippen molar-refractivity contribution in [2.75, 3.05) is 56.9 Å². The van der Waals surface area contributed by atoms with E-state index >= 15 is 0 Å². The maximum Gasteiger partial charge on any atom is 0.247 e. The smallest absolute Gasteiger partial charge is 0.247 e. The first-order valence-corrected chi connectivity index (χ1v) is 13.4. The molecule has 5 rings (SSSR count). The average molecular weight is 541 g/mol. The molecule has 2 aromatic carbocycles. The molecule has 0 radical (unpaired) electrons. The van der Waals surface area contributed by atoms with Crippen molar-refractivity contribution in [2.45, 2.75) is 25.7 Å². The van der Waals surface area contributed by atoms with Gasteiger partial charge in [-0.2, -0.15) is 4.98 Å². The fourth-order valence-electron chi connectivity index (χ4n) is 4.74. The molecule has 10 nitrogen and oxygen atoms in total. The van der Waals surface area contributed by atoms with E-state index < -0.39 is 0 Å². The number of amides is 1. The normalized spacial score (nSPS) is 12.9. The maximum atomic E-state index is 12.3. The predicted molar refractivity (Wildman–Crippen MR) is 160 cm³/mol. The Bertz CT molecular complexity index is 1560. The summed E-state index contributed by atoms with van der Waals surface area (Å²) in [5.41, 5.74) is 5.38. The van der Waals surface area contributed by atoms with Gasteiger partial charge in [-0.1, -0.05) is 12.6 Å². The Morgan fingerprint density at radius 1 is 1.12 bits per heavy atom. The largest absolute Gasteiger partial charge is 0.494 e. The van der Waals surface area contributed by atoms with E-state index in [2.05, 4.69) is 50.2 Å². The molecule has 2 aromatic heterocycles. The highest BCUT2D eigenvalue weighted by Gasteiger charge is 2.24. The van der Waals surface area contributed by atoms with Crippen molar-refractivity contribution in [2.24, 2.45) is 0 Å². The summed E-state index contributed by atoms with van der Waals surface area (Å²) >= 11 is 0. The quantitative estimate of drug-likeness (QED) is 0.260. The van der Waals surface area contributed by atoms with Crippen LogP contribution in [-0.2, 0) is 4.79 Å². The van der Waals surface area contributed by atoms with Crippen molar-refractivity contribution in [3.05, 3.63) is 66.6 Å². The van der Waals surface area contributed by atoms with Crippen LogP contribution in [0.15, 0.2) is 55.3 Å². The molecule has 0 unspecified atom stereocenters. The van der Waals surface area contributed by atoms with Crippen LogP contribution in [0.2, 0.25) is 0 Å². The first-order valence-electron chi connectivity index (χ1n) is 13.4. The van der Waals surface area contributed by atoms with Crippen LogP contribution in [0.5, 0.6) is 5.75 Å². The lowest BCUT2D eigenvalue weighted by molar-refractivity contribution is -0.111. The molecule has 1 aliphatic rings. The first kappa shape index (κ1) is 27.1. The van der Waals surface area contributed by atoms with Gasteiger partial charge in [0.2, 0.25) is 11.9 Å². The van der Waals surface area contributed by atoms with E-state index in [1.165, 1.54) is 24.5 Å². The third-order valence-corrected chi connectivity index (χ3v) is 7.07. The van der Waals surface area contributed by atoms with Crippen LogP contribution in [-0.4, -0.2) is 71.7 Å². The van der Waals surface area contributed by atoms with Crippen molar-refractivity contribution in [1.82, 2.24) is 24.4 Å². The van der Waals surface area contributed by atoms with Crippen LogP contribution in [0.1, 0.15) is 30.1 Å². The van der Waals surface area contributed by atoms with E-state index in [1.807, 2.05) is 50.8 Å². The van der Waals surface area contributed by atoms with Crippen LogP contribution in [0.4, 0.5) is 23.0 Å². The molecule has 40 heavy (non-hydrogen) atoms. The third-order valence-electron chi connectivity index (χ3n) is 7.07. The highest BCUT2D eigenvalue weighted by atomic mass is 16.5. The van der Waals surface area contributed by atoms with Gasteiger partial charge < -0.3 is 25.2 Å². The summed E-state index contributed by atoms with van der Waals surface area (Å²) < 4.78 is 7.77. The Labute approximate surface area is 234 Å². The number of fused-ring (bicyclic) bond motifs is 1. The molecular weight excluding hydrogens is 504 g/mol. The van der Waals surface area contributed by atoms with Crippen molar-refractivity contribution >= 4 is 40.0 Å². The zero-order valence-corrected chi connectivity index (χ0v) is 23.7. The molecular formula is C30H36N8O2. The number of nitrogens with zero attached hydrogens (tertiary/aromatic N) is 6. The molecule has 1 amide bonds. The number of imidazole rings is 1. The van der Waals surface area contributed by atoms with Crippen LogP contribution < -0.4 is 20.3 Å². The van der Waals surface area contributed by atoms with Crippen molar-refractivity contribution in [3.63, 3.8) is 0 Å². The number of ether oxygens (including phenoxy) is 1. The molecule has 2 heterocycles. The monoisotopic (exact) mass is 540 g/mol. The SMILES string of the molecule is C=CC(=O)Nc1cc(Nc2nccc(-n3c(C)nc4cc(C5CC5)ccc43)n2)c(OC)cc1N(C)CCN(C)C. The van der Waals surface area contributed by atoms with Gasteiger partial charge in [-0.3, -0.25) is 9.36 Å². The molecule has 1 fully saturated rings. The Hall–Kier alpha value is -4.44. The maximum absolute atomic E-state index is 12.3. The number of nitrogens with one attached hydrogen (secondary N) is 2. The number of aromatic nitrogens is 4. The molecule has 4 aromatic rings. The van der Waals surface area contributed by atoms with Crippen molar-refractivity contribution in [1.29, 1.82) is 0 Å². The molecule has 0 saturated heterocycles. The van der Waals surface area contributed by atoms with Gasteiger partial charge in [0.25, 0.3) is 0 Å². The molecule has 0 aliphatic heterocycles. The van der Waals surface area contributed by atoms with E-state index in [0.29, 0.717) is 34.8 Å². The Kier molecular flexibility index (Phi) is 7.70. The van der Waals surface area contributed by atoms with Gasteiger partial charge in [-0.15, -0.1) is 0 Å². The van der Waals surface area contributed by atoms with E-state index in [4.69, 9.17) is 14.7 Å². The van der Waals surface area contributed by atoms with Gasteiger partial charge >= 0.3 is 0 Å². The van der Waals surface area contributed by atoms with Crippen LogP contribution in [0.3, 0.4) is 0 Å². The molecule has 208 valence electrons. The lowest BCUT2D eigenvalue weighted by Crippen LogP contribution is -2.29. The number of carbonyl (C=O) groups excluding carboxylic acids is 1. The first-order chi connectivity index (χ1) is 19.3. The summed E-state index contributed by atoms with van der Waals surface area (Å²) in [5.74, 6) is 2.90. The summed E-state index contributed by atoms with van der Waals surface area (Å²) in [6, 6.07) is 12.1. The average Bonchev–Trinajstić information content (AvgIpc) is 3.73. The van der Waals surface area contributed by atoms with E-state index in [0.717, 1.165) is 35.6 Å². The van der Waals surface area contributed by atoms with Crippen LogP contribution >= 0.6 is 0 Å². The summed E-state index contributed by atoms with van der Waals surface area (Å²) in [6.07, 6.45) is 5.47. The molecule has 2 N–H and O–H groups in total. The second-order valence-corrected chi connectivity index (χ2v) is 10.4. The van der Waals surface area contributed by atoms with Gasteiger partial charge in [0, 0.05) is 32.4 Å². The molecule has 1 saturated carbocycles. The molecule has 0 bridgehead atoms. The predicted octanol–water partition coefficient (Wildman–Crippen LogP) is 4.88. The summed E-state index contributed by atoms with van der Waals surface area (Å²) in [7, 11) is 7.64. The minimum atomic E-state index is -0.302. The van der Waals surface area contributed by atoms with E-state index in [1.54, 1.807) is 13.3 Å². The number of anilines is 4. The molecule has 0 spiro atoms. The number of carbonyl (C=O) groups is 1. The van der Waals surface area contributed by atoms with Crippen molar-refractivity contribution < 1.29 is 9.53 Å². The topological polar surface area (TPSA) is 100 Å². The zero-order valence-electron chi connectivity index (χ0n) is 23.7. The summed E-state index contributed by atoms with van der Waals surface area (Å²) in [6.45, 7) is 7.18. The fraction of sp³-hybridized carbons (Fsp3) is 0.333. The minimum Gasteiger partial charge on any atom is -0.494 e. The van der Waals surface area contributed by atoms with Gasteiger partial charge in [0.15, 0.2) is 0 Å². The second-order valence-electron chi connectivity index (χ2n) is 10.4. The highest BCUT2D eigenvalue weighted by molar-refractivity contribution is 6.02. The number of aryl methyl sites for hydroxylation is 1. The Morgan fingerprint density at radius 2 is 1.93 bits per heavy atom. The molecule has 10 heteroatoms. The van der Waals surface area contributed by atoms with E-state index in [-0.39, 0.29) is 5.91 Å². The minimum absolute atomic E-state index is 0.302. The molecule has 0 atom stereocenters. The second kappa shape index (κ2) is 11.4. The lowest BCUT2D eigenvalue weighted by atomic mass is 10.1. The van der Waals surface area contributed by atoms with Gasteiger partial charge in [0.1, 0.15) is 17.4 Å². The number of hydrogen-bond donors (Lipinski definition) is 2. The van der Waals surface area contributed by atoms with Crippen LogP contribution in [0.25, 0.3) is 16.9 Å². The number of methoxy groups -OCH3 is 1. The Morgan fingerprint density at radius 3 is 2.62 bits per heavy atom. The van der Waals surface area contributed by atoms with Gasteiger partial charge in [-0.05, 0) is 75.7 Å². The van der Waals surface area contributed by atoms with Gasteiger partial charge in [0.05, 0.1) is 35.2 Å². The third kappa shape index (κ3) is 5.76. The number of hydrogen-bond acceptors (Lipinski definition) is 8. The number of benzene rings is 2. The summed E-state index contributed by atoms with van der Waals surface area (Å²) in [4.78, 5) is 30.5. The highest BCUT2D eigenvalue weighted by Crippen LogP contribution is 2.41. The Balaban J connectivity index is 1.48. The fourth-order valence-corrected chi connectivity index (χ4v) is 4.74. The number of rotatable bonds is 11. The van der Waals surface area contributed by atoms with Crippen molar-refractivity contribution in [3.8, 4) is 11.6 Å².